The first-order valence-electron chi connectivity index (χ1n) is 8.11. The lowest BCUT2D eigenvalue weighted by molar-refractivity contribution is -0.133. The summed E-state index contributed by atoms with van der Waals surface area (Å²) in [7, 11) is -3.62. The number of hydrogen-bond donors (Lipinski definition) is 1. The number of nitrogens with one attached hydrogen (secondary N) is 1. The van der Waals surface area contributed by atoms with E-state index in [-0.39, 0.29) is 24.1 Å². The number of ether oxygens (including phenoxy) is 1. The van der Waals surface area contributed by atoms with Gasteiger partial charge in [-0.1, -0.05) is 11.6 Å². The molecule has 0 unspecified atom stereocenters. The molecule has 3 rings (SSSR count). The number of benzene rings is 1. The third-order valence-corrected chi connectivity index (χ3v) is 6.15. The summed E-state index contributed by atoms with van der Waals surface area (Å²) >= 11 is 5.81. The van der Waals surface area contributed by atoms with E-state index in [1.165, 1.54) is 16.8 Å². The van der Waals surface area contributed by atoms with Crippen molar-refractivity contribution in [3.8, 4) is 5.75 Å². The number of amides is 1. The van der Waals surface area contributed by atoms with Crippen molar-refractivity contribution in [3.63, 3.8) is 0 Å². The van der Waals surface area contributed by atoms with Crippen LogP contribution in [0.15, 0.2) is 41.8 Å². The van der Waals surface area contributed by atoms with Crippen LogP contribution in [0.5, 0.6) is 5.75 Å². The number of rotatable bonds is 5. The second-order valence-electron chi connectivity index (χ2n) is 5.80. The van der Waals surface area contributed by atoms with E-state index in [2.05, 4.69) is 9.97 Å². The summed E-state index contributed by atoms with van der Waals surface area (Å²) < 4.78 is 31.9. The summed E-state index contributed by atoms with van der Waals surface area (Å²) in [6, 6.07) is 6.75. The van der Waals surface area contributed by atoms with Crippen molar-refractivity contribution in [3.05, 3.63) is 41.8 Å². The van der Waals surface area contributed by atoms with Crippen molar-refractivity contribution in [1.29, 1.82) is 0 Å². The van der Waals surface area contributed by atoms with Gasteiger partial charge in [-0.05, 0) is 30.7 Å². The average Bonchev–Trinajstić information content (AvgIpc) is 3.06. The van der Waals surface area contributed by atoms with E-state index in [0.717, 1.165) is 0 Å². The maximum atomic E-state index is 12.5. The third kappa shape index (κ3) is 4.35. The number of halogens is 1. The van der Waals surface area contributed by atoms with Crippen LogP contribution in [-0.4, -0.2) is 66.3 Å². The van der Waals surface area contributed by atoms with E-state index in [0.29, 0.717) is 36.8 Å². The van der Waals surface area contributed by atoms with Gasteiger partial charge in [-0.2, -0.15) is 4.31 Å². The summed E-state index contributed by atoms with van der Waals surface area (Å²) in [6.07, 6.45) is 3.16. The second kappa shape index (κ2) is 8.07. The third-order valence-electron chi connectivity index (χ3n) is 4.07. The first-order valence-corrected chi connectivity index (χ1v) is 9.93. The molecule has 1 amide bonds. The molecule has 0 bridgehead atoms. The highest BCUT2D eigenvalue weighted by atomic mass is 35.5. The first kappa shape index (κ1) is 18.7. The molecule has 140 valence electrons. The molecule has 1 aliphatic rings. The zero-order valence-electron chi connectivity index (χ0n) is 14.0. The maximum absolute atomic E-state index is 12.5. The minimum absolute atomic E-state index is 0.0587. The lowest BCUT2D eigenvalue weighted by Gasteiger charge is -2.21. The molecule has 0 spiro atoms. The fourth-order valence-corrected chi connectivity index (χ4v) is 4.17. The Balaban J connectivity index is 1.56. The van der Waals surface area contributed by atoms with Gasteiger partial charge < -0.3 is 14.6 Å². The monoisotopic (exact) mass is 398 g/mol. The molecule has 0 radical (unpaired) electrons. The molecule has 1 saturated heterocycles. The largest absolute Gasteiger partial charge is 0.484 e. The quantitative estimate of drug-likeness (QED) is 0.820. The van der Waals surface area contributed by atoms with Crippen molar-refractivity contribution in [1.82, 2.24) is 19.2 Å². The fraction of sp³-hybridized carbons (Fsp3) is 0.375. The van der Waals surface area contributed by atoms with Gasteiger partial charge in [0.05, 0.1) is 12.5 Å². The molecule has 26 heavy (non-hydrogen) atoms. The number of imidazole rings is 1. The summed E-state index contributed by atoms with van der Waals surface area (Å²) in [5, 5.41) is 0.651. The number of H-pyrrole nitrogens is 1. The first-order chi connectivity index (χ1) is 12.5. The van der Waals surface area contributed by atoms with Crippen LogP contribution in [0, 0.1) is 0 Å². The van der Waals surface area contributed by atoms with E-state index in [4.69, 9.17) is 16.3 Å². The molecule has 1 N–H and O–H groups in total. The Hall–Kier alpha value is -2.10. The molecule has 2 aromatic rings. The number of aromatic nitrogens is 2. The molecular formula is C16H19ClN4O4S. The highest BCUT2D eigenvalue weighted by molar-refractivity contribution is 7.89. The molecule has 2 heterocycles. The molecule has 1 aromatic heterocycles. The van der Waals surface area contributed by atoms with Crippen LogP contribution in [0.4, 0.5) is 0 Å². The summed E-state index contributed by atoms with van der Waals surface area (Å²) in [5.41, 5.74) is 0. The molecule has 0 saturated carbocycles. The molecule has 1 fully saturated rings. The fourth-order valence-electron chi connectivity index (χ4n) is 2.67. The summed E-state index contributed by atoms with van der Waals surface area (Å²) in [5.74, 6) is 0.377. The lowest BCUT2D eigenvalue weighted by Crippen LogP contribution is -2.39. The van der Waals surface area contributed by atoms with Crippen LogP contribution in [0.3, 0.4) is 0 Å². The van der Waals surface area contributed by atoms with Gasteiger partial charge in [0.2, 0.25) is 0 Å². The number of sulfonamides is 1. The highest BCUT2D eigenvalue weighted by Crippen LogP contribution is 2.17. The second-order valence-corrected chi connectivity index (χ2v) is 8.14. The Morgan fingerprint density at radius 2 is 1.96 bits per heavy atom. The van der Waals surface area contributed by atoms with Gasteiger partial charge in [0, 0.05) is 31.2 Å². The van der Waals surface area contributed by atoms with Crippen LogP contribution in [0.25, 0.3) is 0 Å². The lowest BCUT2D eigenvalue weighted by atomic mass is 10.3. The Morgan fingerprint density at radius 3 is 2.65 bits per heavy atom. The standard InChI is InChI=1S/C16H19ClN4O4S/c17-13-2-4-14(5-3-13)25-11-16(22)20-6-1-7-21(9-8-20)26(23,24)15-10-18-12-19-15/h2-5,10,12H,1,6-9,11H2,(H,18,19). The van der Waals surface area contributed by atoms with Gasteiger partial charge in [0.15, 0.2) is 11.6 Å². The molecule has 10 heteroatoms. The predicted octanol–water partition coefficient (Wildman–Crippen LogP) is 1.37. The van der Waals surface area contributed by atoms with E-state index < -0.39 is 10.0 Å². The summed E-state index contributed by atoms with van der Waals surface area (Å²) in [4.78, 5) is 20.4. The Morgan fingerprint density at radius 1 is 1.19 bits per heavy atom. The molecular weight excluding hydrogens is 380 g/mol. The van der Waals surface area contributed by atoms with Crippen LogP contribution in [0.1, 0.15) is 6.42 Å². The SMILES string of the molecule is O=C(COc1ccc(Cl)cc1)N1CCCN(S(=O)(=O)c2cnc[nH]2)CC1. The Labute approximate surface area is 156 Å². The van der Waals surface area contributed by atoms with Gasteiger partial charge in [-0.15, -0.1) is 0 Å². The molecule has 0 aliphatic carbocycles. The van der Waals surface area contributed by atoms with Gasteiger partial charge >= 0.3 is 0 Å². The predicted molar refractivity (Wildman–Crippen MR) is 95.5 cm³/mol. The molecule has 1 aliphatic heterocycles. The highest BCUT2D eigenvalue weighted by Gasteiger charge is 2.29. The van der Waals surface area contributed by atoms with Crippen molar-refractivity contribution in [2.45, 2.75) is 11.4 Å². The average molecular weight is 399 g/mol. The number of carbonyl (C=O) groups excluding carboxylic acids is 1. The van der Waals surface area contributed by atoms with Gasteiger partial charge in [-0.25, -0.2) is 13.4 Å². The zero-order valence-corrected chi connectivity index (χ0v) is 15.5. The van der Waals surface area contributed by atoms with E-state index in [1.807, 2.05) is 0 Å². The van der Waals surface area contributed by atoms with E-state index in [9.17, 15) is 13.2 Å². The van der Waals surface area contributed by atoms with Crippen molar-refractivity contribution < 1.29 is 17.9 Å². The normalized spacial score (nSPS) is 16.3. The van der Waals surface area contributed by atoms with E-state index >= 15 is 0 Å². The number of aromatic amines is 1. The molecule has 8 nitrogen and oxygen atoms in total. The van der Waals surface area contributed by atoms with Gasteiger partial charge in [0.25, 0.3) is 15.9 Å². The minimum Gasteiger partial charge on any atom is -0.484 e. The van der Waals surface area contributed by atoms with Crippen LogP contribution in [0.2, 0.25) is 5.02 Å². The van der Waals surface area contributed by atoms with Gasteiger partial charge in [-0.3, -0.25) is 4.79 Å². The Bertz CT molecular complexity index is 840. The van der Waals surface area contributed by atoms with Crippen molar-refractivity contribution in [2.75, 3.05) is 32.8 Å². The summed E-state index contributed by atoms with van der Waals surface area (Å²) in [6.45, 7) is 1.28. The Kier molecular flexibility index (Phi) is 5.80. The van der Waals surface area contributed by atoms with Crippen LogP contribution < -0.4 is 4.74 Å². The maximum Gasteiger partial charge on any atom is 0.260 e. The number of nitrogens with zero attached hydrogens (tertiary/aromatic N) is 3. The number of carbonyl (C=O) groups is 1. The topological polar surface area (TPSA) is 95.6 Å². The smallest absolute Gasteiger partial charge is 0.260 e. The van der Waals surface area contributed by atoms with Gasteiger partial charge in [0.1, 0.15) is 5.75 Å². The number of hydrogen-bond acceptors (Lipinski definition) is 5. The zero-order chi connectivity index (χ0) is 18.6. The van der Waals surface area contributed by atoms with Crippen LogP contribution in [-0.2, 0) is 14.8 Å². The van der Waals surface area contributed by atoms with Crippen molar-refractivity contribution >= 4 is 27.5 Å². The minimum atomic E-state index is -3.62. The molecule has 1 aromatic carbocycles. The van der Waals surface area contributed by atoms with Crippen molar-refractivity contribution in [2.24, 2.45) is 0 Å². The van der Waals surface area contributed by atoms with Crippen LogP contribution >= 0.6 is 11.6 Å². The van der Waals surface area contributed by atoms with E-state index in [1.54, 1.807) is 29.2 Å². The molecule has 0 atom stereocenters.